The zero-order chi connectivity index (χ0) is 23.8. The number of nitrogens with zero attached hydrogens (tertiary/aromatic N) is 2. The number of rotatable bonds is 4. The standard InChI is InChI=1S/C27H24N2O4S/c1-4-32-26(31)23-16(2)28-27-29(24(23)18-10-6-5-7-11-18)25(30)22(34-27)15-20-14-19-12-8-9-13-21(19)33-17(20)3/h5-15,17,24H,4H2,1-3H3/b22-15+/t17-,24-/m1/s1. The molecule has 0 aliphatic carbocycles. The minimum absolute atomic E-state index is 0.195. The highest BCUT2D eigenvalue weighted by Crippen LogP contribution is 2.31. The molecule has 2 aromatic carbocycles. The molecule has 34 heavy (non-hydrogen) atoms. The molecule has 0 saturated carbocycles. The van der Waals surface area contributed by atoms with Gasteiger partial charge in [-0.15, -0.1) is 0 Å². The van der Waals surface area contributed by atoms with E-state index in [1.807, 2.05) is 73.7 Å². The second-order valence-corrected chi connectivity index (χ2v) is 9.16. The van der Waals surface area contributed by atoms with Crippen molar-refractivity contribution >= 4 is 29.5 Å². The molecule has 2 atom stereocenters. The fraction of sp³-hybridized carbons (Fsp3) is 0.222. The van der Waals surface area contributed by atoms with Gasteiger partial charge in [0.05, 0.1) is 28.5 Å². The van der Waals surface area contributed by atoms with Gasteiger partial charge < -0.3 is 9.47 Å². The molecule has 2 aliphatic rings. The van der Waals surface area contributed by atoms with Gasteiger partial charge >= 0.3 is 5.97 Å². The maximum absolute atomic E-state index is 13.7. The van der Waals surface area contributed by atoms with Crippen LogP contribution in [0, 0.1) is 0 Å². The first-order valence-electron chi connectivity index (χ1n) is 11.2. The molecule has 3 heterocycles. The minimum atomic E-state index is -0.603. The van der Waals surface area contributed by atoms with E-state index in [2.05, 4.69) is 4.99 Å². The average Bonchev–Trinajstić information content (AvgIpc) is 3.13. The molecule has 0 N–H and O–H groups in total. The number of carbonyl (C=O) groups excluding carboxylic acids is 1. The van der Waals surface area contributed by atoms with Crippen LogP contribution >= 0.6 is 11.3 Å². The largest absolute Gasteiger partial charge is 0.485 e. The summed E-state index contributed by atoms with van der Waals surface area (Å²) in [6, 6.07) is 16.7. The summed E-state index contributed by atoms with van der Waals surface area (Å²) < 4.78 is 13.5. The number of thiazole rings is 1. The molecule has 0 radical (unpaired) electrons. The fourth-order valence-corrected chi connectivity index (χ4v) is 5.36. The molecule has 3 aromatic rings. The SMILES string of the molecule is CCOC(=O)C1=C(C)N=c2s/c(=C/C3=Cc4ccccc4O[C@@H]3C)c(=O)n2[C@@H]1c1ccccc1. The van der Waals surface area contributed by atoms with Gasteiger partial charge in [-0.05, 0) is 50.1 Å². The molecule has 1 aromatic heterocycles. The van der Waals surface area contributed by atoms with Crippen LogP contribution in [0.5, 0.6) is 5.75 Å². The molecule has 0 spiro atoms. The molecule has 172 valence electrons. The maximum atomic E-state index is 13.7. The lowest BCUT2D eigenvalue weighted by Crippen LogP contribution is -2.40. The number of ether oxygens (including phenoxy) is 2. The van der Waals surface area contributed by atoms with Crippen LogP contribution < -0.4 is 19.6 Å². The molecule has 0 unspecified atom stereocenters. The second-order valence-electron chi connectivity index (χ2n) is 8.16. The number of fused-ring (bicyclic) bond motifs is 2. The Morgan fingerprint density at radius 3 is 2.68 bits per heavy atom. The van der Waals surface area contributed by atoms with Crippen molar-refractivity contribution in [2.75, 3.05) is 6.61 Å². The quantitative estimate of drug-likeness (QED) is 0.544. The smallest absolute Gasteiger partial charge is 0.338 e. The van der Waals surface area contributed by atoms with Crippen molar-refractivity contribution in [3.05, 3.63) is 102 Å². The molecule has 0 saturated heterocycles. The molecule has 0 bridgehead atoms. The van der Waals surface area contributed by atoms with Crippen LogP contribution in [0.15, 0.2) is 81.2 Å². The summed E-state index contributed by atoms with van der Waals surface area (Å²) in [7, 11) is 0. The molecule has 2 aliphatic heterocycles. The van der Waals surface area contributed by atoms with Gasteiger partial charge in [0.2, 0.25) is 0 Å². The Hall–Kier alpha value is -3.71. The number of benzene rings is 2. The molecule has 5 rings (SSSR count). The second kappa shape index (κ2) is 8.91. The van der Waals surface area contributed by atoms with E-state index < -0.39 is 12.0 Å². The number of esters is 1. The van der Waals surface area contributed by atoms with Crippen LogP contribution in [0.1, 0.15) is 37.9 Å². The van der Waals surface area contributed by atoms with Crippen LogP contribution in [0.4, 0.5) is 0 Å². The Kier molecular flexibility index (Phi) is 5.79. The summed E-state index contributed by atoms with van der Waals surface area (Å²) in [6.07, 6.45) is 3.72. The third kappa shape index (κ3) is 3.82. The van der Waals surface area contributed by atoms with Crippen molar-refractivity contribution in [2.45, 2.75) is 32.9 Å². The number of hydrogen-bond acceptors (Lipinski definition) is 6. The van der Waals surface area contributed by atoms with Gasteiger partial charge in [0.1, 0.15) is 11.9 Å². The van der Waals surface area contributed by atoms with Gasteiger partial charge in [0.15, 0.2) is 4.80 Å². The van der Waals surface area contributed by atoms with E-state index in [9.17, 15) is 9.59 Å². The van der Waals surface area contributed by atoms with Crippen LogP contribution in [0.25, 0.3) is 12.2 Å². The monoisotopic (exact) mass is 472 g/mol. The Bertz CT molecular complexity index is 1510. The van der Waals surface area contributed by atoms with Crippen molar-refractivity contribution in [2.24, 2.45) is 4.99 Å². The highest BCUT2D eigenvalue weighted by Gasteiger charge is 2.33. The van der Waals surface area contributed by atoms with E-state index in [1.165, 1.54) is 11.3 Å². The Balaban J connectivity index is 1.69. The van der Waals surface area contributed by atoms with E-state index >= 15 is 0 Å². The van der Waals surface area contributed by atoms with Gasteiger partial charge in [-0.3, -0.25) is 9.36 Å². The third-order valence-corrected chi connectivity index (χ3v) is 6.93. The first-order valence-corrected chi connectivity index (χ1v) is 12.0. The zero-order valence-electron chi connectivity index (χ0n) is 19.1. The highest BCUT2D eigenvalue weighted by molar-refractivity contribution is 7.07. The average molecular weight is 473 g/mol. The van der Waals surface area contributed by atoms with Crippen molar-refractivity contribution in [3.63, 3.8) is 0 Å². The zero-order valence-corrected chi connectivity index (χ0v) is 20.0. The third-order valence-electron chi connectivity index (χ3n) is 5.94. The number of aromatic nitrogens is 1. The molecule has 7 heteroatoms. The lowest BCUT2D eigenvalue weighted by molar-refractivity contribution is -0.139. The number of para-hydroxylation sites is 1. The predicted molar refractivity (Wildman–Crippen MR) is 132 cm³/mol. The highest BCUT2D eigenvalue weighted by atomic mass is 32.1. The van der Waals surface area contributed by atoms with Crippen LogP contribution in [-0.2, 0) is 9.53 Å². The van der Waals surface area contributed by atoms with Crippen molar-refractivity contribution in [1.29, 1.82) is 0 Å². The number of allylic oxidation sites excluding steroid dienone is 1. The molecule has 6 nitrogen and oxygen atoms in total. The lowest BCUT2D eigenvalue weighted by Gasteiger charge is -2.24. The summed E-state index contributed by atoms with van der Waals surface area (Å²) in [5, 5.41) is 0. The van der Waals surface area contributed by atoms with Gasteiger partial charge in [-0.25, -0.2) is 9.79 Å². The predicted octanol–water partition coefficient (Wildman–Crippen LogP) is 3.61. The molecule has 0 fully saturated rings. The first kappa shape index (κ1) is 22.1. The van der Waals surface area contributed by atoms with Crippen molar-refractivity contribution < 1.29 is 14.3 Å². The van der Waals surface area contributed by atoms with Crippen molar-refractivity contribution in [1.82, 2.24) is 4.57 Å². The van der Waals surface area contributed by atoms with Crippen molar-refractivity contribution in [3.8, 4) is 5.75 Å². The van der Waals surface area contributed by atoms with Crippen LogP contribution in [0.2, 0.25) is 0 Å². The van der Waals surface area contributed by atoms with E-state index in [0.717, 1.165) is 22.4 Å². The maximum Gasteiger partial charge on any atom is 0.338 e. The van der Waals surface area contributed by atoms with E-state index in [-0.39, 0.29) is 18.3 Å². The van der Waals surface area contributed by atoms with E-state index in [1.54, 1.807) is 18.4 Å². The lowest BCUT2D eigenvalue weighted by atomic mass is 9.96. The molecular formula is C27H24N2O4S. The summed E-state index contributed by atoms with van der Waals surface area (Å²) in [5.41, 5.74) is 3.45. The Labute approximate surface area is 200 Å². The number of carbonyl (C=O) groups is 1. The fourth-order valence-electron chi connectivity index (χ4n) is 4.32. The normalized spacial score (nSPS) is 19.5. The number of hydrogen-bond donors (Lipinski definition) is 0. The van der Waals surface area contributed by atoms with Crippen LogP contribution in [-0.4, -0.2) is 23.2 Å². The van der Waals surface area contributed by atoms with E-state index in [4.69, 9.17) is 9.47 Å². The summed E-state index contributed by atoms with van der Waals surface area (Å²) in [5.74, 6) is 0.368. The van der Waals surface area contributed by atoms with Crippen LogP contribution in [0.3, 0.4) is 0 Å². The summed E-state index contributed by atoms with van der Waals surface area (Å²) in [4.78, 5) is 31.8. The molecular weight excluding hydrogens is 448 g/mol. The summed E-state index contributed by atoms with van der Waals surface area (Å²) >= 11 is 1.31. The van der Waals surface area contributed by atoms with E-state index in [0.29, 0.717) is 20.6 Å². The Morgan fingerprint density at radius 1 is 1.18 bits per heavy atom. The van der Waals surface area contributed by atoms with Gasteiger partial charge in [0, 0.05) is 5.56 Å². The van der Waals surface area contributed by atoms with Gasteiger partial charge in [-0.1, -0.05) is 59.9 Å². The Morgan fingerprint density at radius 2 is 1.91 bits per heavy atom. The van der Waals surface area contributed by atoms with Gasteiger partial charge in [0.25, 0.3) is 5.56 Å². The molecule has 0 amide bonds. The van der Waals surface area contributed by atoms with Gasteiger partial charge in [-0.2, -0.15) is 0 Å². The summed E-state index contributed by atoms with van der Waals surface area (Å²) in [6.45, 7) is 5.76. The first-order chi connectivity index (χ1) is 16.5. The minimum Gasteiger partial charge on any atom is -0.485 e. The topological polar surface area (TPSA) is 69.9 Å².